The van der Waals surface area contributed by atoms with Crippen LogP contribution in [0.1, 0.15) is 12.8 Å². The van der Waals surface area contributed by atoms with Gasteiger partial charge < -0.3 is 10.8 Å². The zero-order valence-electron chi connectivity index (χ0n) is 5.71. The average molecular weight is 272 g/mol. The first-order valence-electron chi connectivity index (χ1n) is 2.95. The smallest absolute Gasteiger partial charge is 0.303 e. The number of hydrogen-bond acceptors (Lipinski definition) is 3. The Bertz CT molecular complexity index is 162. The number of carboxylic acid groups (broad SMARTS) is 1. The molecule has 0 aliphatic carbocycles. The summed E-state index contributed by atoms with van der Waals surface area (Å²) in [7, 11) is 0. The van der Waals surface area contributed by atoms with Gasteiger partial charge in [-0.1, -0.05) is 0 Å². The Morgan fingerprint density at radius 2 is 2.18 bits per heavy atom. The number of nitrogens with one attached hydrogen (secondary N) is 1. The first kappa shape index (κ1) is 10.6. The molecule has 1 amide bonds. The number of carboxylic acids is 1. The number of amides is 1. The van der Waals surface area contributed by atoms with E-state index in [9.17, 15) is 9.59 Å². The van der Waals surface area contributed by atoms with Crippen molar-refractivity contribution >= 4 is 34.7 Å². The minimum Gasteiger partial charge on any atom is -0.481 e. The molecule has 0 saturated carbocycles. The lowest BCUT2D eigenvalue weighted by atomic mass is 10.1. The fourth-order valence-corrected chi connectivity index (χ4v) is 0.880. The van der Waals surface area contributed by atoms with Crippen LogP contribution in [-0.2, 0) is 9.59 Å². The van der Waals surface area contributed by atoms with Crippen LogP contribution in [0, 0.1) is 0 Å². The average Bonchev–Trinajstić information content (AvgIpc) is 1.98. The predicted molar refractivity (Wildman–Crippen MR) is 47.0 cm³/mol. The van der Waals surface area contributed by atoms with E-state index >= 15 is 0 Å². The summed E-state index contributed by atoms with van der Waals surface area (Å²) in [5.41, 5.74) is 5.30. The second kappa shape index (κ2) is 5.30. The number of rotatable bonds is 4. The Morgan fingerprint density at radius 3 is 2.55 bits per heavy atom. The molecular weight excluding hydrogens is 263 g/mol. The van der Waals surface area contributed by atoms with Crippen molar-refractivity contribution in [2.24, 2.45) is 5.73 Å². The number of hydrogen-bond donors (Lipinski definition) is 3. The summed E-state index contributed by atoms with van der Waals surface area (Å²) in [5, 5.41) is 8.23. The van der Waals surface area contributed by atoms with Crippen molar-refractivity contribution in [3.63, 3.8) is 0 Å². The third-order valence-corrected chi connectivity index (χ3v) is 1.63. The first-order valence-corrected chi connectivity index (χ1v) is 4.03. The van der Waals surface area contributed by atoms with Gasteiger partial charge in [0.2, 0.25) is 5.91 Å². The van der Waals surface area contributed by atoms with Gasteiger partial charge in [0, 0.05) is 6.42 Å². The molecule has 0 aromatic heterocycles. The number of nitrogens with two attached hydrogens (primary N) is 1. The van der Waals surface area contributed by atoms with Crippen LogP contribution in [0.15, 0.2) is 0 Å². The quantitative estimate of drug-likeness (QED) is 0.481. The summed E-state index contributed by atoms with van der Waals surface area (Å²) in [5.74, 6) is -1.28. The molecule has 0 aliphatic heterocycles. The van der Waals surface area contributed by atoms with Crippen LogP contribution in [0.5, 0.6) is 0 Å². The molecule has 1 unspecified atom stereocenters. The molecule has 1 atom stereocenters. The van der Waals surface area contributed by atoms with E-state index in [4.69, 9.17) is 10.8 Å². The molecule has 0 aromatic rings. The molecule has 6 heteroatoms. The lowest BCUT2D eigenvalue weighted by Crippen LogP contribution is -2.36. The van der Waals surface area contributed by atoms with Crippen molar-refractivity contribution in [2.45, 2.75) is 18.9 Å². The van der Waals surface area contributed by atoms with Crippen molar-refractivity contribution in [2.75, 3.05) is 0 Å². The maximum atomic E-state index is 10.7. The van der Waals surface area contributed by atoms with Gasteiger partial charge in [-0.3, -0.25) is 13.1 Å². The van der Waals surface area contributed by atoms with E-state index in [1.165, 1.54) is 0 Å². The van der Waals surface area contributed by atoms with Gasteiger partial charge in [-0.05, 0) is 6.42 Å². The molecule has 0 bridgehead atoms. The highest BCUT2D eigenvalue weighted by molar-refractivity contribution is 14.1. The Labute approximate surface area is 77.8 Å². The van der Waals surface area contributed by atoms with E-state index in [2.05, 4.69) is 3.53 Å². The molecule has 0 radical (unpaired) electrons. The fourth-order valence-electron chi connectivity index (χ4n) is 0.480. The molecule has 0 rings (SSSR count). The molecular formula is C5H9IN2O3. The van der Waals surface area contributed by atoms with Gasteiger partial charge in [-0.2, -0.15) is 0 Å². The molecule has 0 saturated heterocycles. The van der Waals surface area contributed by atoms with Crippen LogP contribution < -0.4 is 9.26 Å². The second-order valence-corrected chi connectivity index (χ2v) is 2.54. The molecule has 4 N–H and O–H groups in total. The van der Waals surface area contributed by atoms with Crippen LogP contribution in [0.25, 0.3) is 0 Å². The lowest BCUT2D eigenvalue weighted by Gasteiger charge is -2.05. The molecule has 0 aromatic carbocycles. The van der Waals surface area contributed by atoms with Crippen molar-refractivity contribution in [1.29, 1.82) is 0 Å². The molecule has 64 valence electrons. The van der Waals surface area contributed by atoms with Crippen molar-refractivity contribution in [1.82, 2.24) is 3.53 Å². The minimum atomic E-state index is -0.943. The van der Waals surface area contributed by atoms with E-state index in [1.807, 2.05) is 0 Å². The summed E-state index contributed by atoms with van der Waals surface area (Å²) in [4.78, 5) is 20.7. The Balaban J connectivity index is 3.60. The zero-order valence-corrected chi connectivity index (χ0v) is 7.87. The summed E-state index contributed by atoms with van der Waals surface area (Å²) in [6.45, 7) is 0. The third kappa shape index (κ3) is 4.96. The van der Waals surface area contributed by atoms with Crippen LogP contribution in [0.2, 0.25) is 0 Å². The fraction of sp³-hybridized carbons (Fsp3) is 0.600. The van der Waals surface area contributed by atoms with Crippen LogP contribution >= 0.6 is 22.9 Å². The van der Waals surface area contributed by atoms with Crippen molar-refractivity contribution < 1.29 is 14.7 Å². The number of carbonyl (C=O) groups is 2. The normalized spacial score (nSPS) is 12.2. The van der Waals surface area contributed by atoms with Gasteiger partial charge in [-0.25, -0.2) is 0 Å². The van der Waals surface area contributed by atoms with E-state index in [-0.39, 0.29) is 18.7 Å². The maximum Gasteiger partial charge on any atom is 0.303 e. The Hall–Kier alpha value is -0.370. The highest BCUT2D eigenvalue weighted by atomic mass is 127. The standard InChI is InChI=1S/C5H9IN2O3/c6-8-5(11)3(7)1-2-4(9)10/h3H,1-2,7H2,(H,8,11)(H,9,10). The first-order chi connectivity index (χ1) is 5.07. The number of halogens is 1. The summed E-state index contributed by atoms with van der Waals surface area (Å²) >= 11 is 1.66. The molecule has 11 heavy (non-hydrogen) atoms. The molecule has 0 fully saturated rings. The van der Waals surface area contributed by atoms with E-state index in [0.717, 1.165) is 0 Å². The molecule has 0 heterocycles. The Morgan fingerprint density at radius 1 is 1.64 bits per heavy atom. The summed E-state index contributed by atoms with van der Waals surface area (Å²) < 4.78 is 2.30. The Kier molecular flexibility index (Phi) is 5.12. The third-order valence-electron chi connectivity index (χ3n) is 1.10. The maximum absolute atomic E-state index is 10.7. The van der Waals surface area contributed by atoms with Crippen molar-refractivity contribution in [3.8, 4) is 0 Å². The number of carbonyl (C=O) groups excluding carboxylic acids is 1. The van der Waals surface area contributed by atoms with Gasteiger partial charge in [0.1, 0.15) is 0 Å². The van der Waals surface area contributed by atoms with Crippen LogP contribution in [0.3, 0.4) is 0 Å². The monoisotopic (exact) mass is 272 g/mol. The molecule has 0 spiro atoms. The van der Waals surface area contributed by atoms with Gasteiger partial charge in [0.15, 0.2) is 0 Å². The van der Waals surface area contributed by atoms with E-state index in [0.29, 0.717) is 0 Å². The largest absolute Gasteiger partial charge is 0.481 e. The van der Waals surface area contributed by atoms with Gasteiger partial charge in [-0.15, -0.1) is 0 Å². The summed E-state index contributed by atoms with van der Waals surface area (Å²) in [6, 6.07) is -0.719. The van der Waals surface area contributed by atoms with Crippen LogP contribution in [0.4, 0.5) is 0 Å². The second-order valence-electron chi connectivity index (χ2n) is 2.00. The minimum absolute atomic E-state index is 0.0781. The van der Waals surface area contributed by atoms with Gasteiger partial charge in [0.05, 0.1) is 28.9 Å². The zero-order chi connectivity index (χ0) is 8.85. The number of aliphatic carboxylic acids is 1. The van der Waals surface area contributed by atoms with Gasteiger partial charge in [0.25, 0.3) is 0 Å². The molecule has 5 nitrogen and oxygen atoms in total. The van der Waals surface area contributed by atoms with Crippen LogP contribution in [-0.4, -0.2) is 23.0 Å². The van der Waals surface area contributed by atoms with E-state index < -0.39 is 12.0 Å². The highest BCUT2D eigenvalue weighted by Crippen LogP contribution is 1.94. The topological polar surface area (TPSA) is 92.4 Å². The molecule has 0 aliphatic rings. The van der Waals surface area contributed by atoms with Crippen molar-refractivity contribution in [3.05, 3.63) is 0 Å². The lowest BCUT2D eigenvalue weighted by molar-refractivity contribution is -0.137. The summed E-state index contributed by atoms with van der Waals surface area (Å²) in [6.07, 6.45) is 0.0927. The van der Waals surface area contributed by atoms with Gasteiger partial charge >= 0.3 is 5.97 Å². The highest BCUT2D eigenvalue weighted by Gasteiger charge is 2.12. The SMILES string of the molecule is NC(CCC(=O)O)C(=O)NI. The van der Waals surface area contributed by atoms with E-state index in [1.54, 1.807) is 22.9 Å². The predicted octanol–water partition coefficient (Wildman–Crippen LogP) is -0.355.